The van der Waals surface area contributed by atoms with E-state index in [0.717, 1.165) is 22.8 Å². The van der Waals surface area contributed by atoms with Crippen LogP contribution in [0.4, 0.5) is 11.5 Å². The van der Waals surface area contributed by atoms with Crippen molar-refractivity contribution in [1.82, 2.24) is 10.2 Å². The van der Waals surface area contributed by atoms with Crippen molar-refractivity contribution in [3.63, 3.8) is 0 Å². The summed E-state index contributed by atoms with van der Waals surface area (Å²) in [6.45, 7) is 1.91. The molecule has 0 atom stereocenters. The minimum absolute atomic E-state index is 0.475. The Bertz CT molecular complexity index is 468. The lowest BCUT2D eigenvalue weighted by molar-refractivity contribution is 0.985. The van der Waals surface area contributed by atoms with E-state index in [1.165, 1.54) is 0 Å². The summed E-state index contributed by atoms with van der Waals surface area (Å²) in [6, 6.07) is 11.7. The van der Waals surface area contributed by atoms with Gasteiger partial charge in [-0.15, -0.1) is 16.7 Å². The van der Waals surface area contributed by atoms with Crippen LogP contribution in [0.25, 0.3) is 0 Å². The minimum atomic E-state index is 0.475. The average Bonchev–Trinajstić information content (AvgIpc) is 2.33. The highest BCUT2D eigenvalue weighted by Crippen LogP contribution is 2.20. The molecular formula is C12H12ClN3. The Morgan fingerprint density at radius 2 is 1.94 bits per heavy atom. The maximum Gasteiger partial charge on any atom is 0.153 e. The fourth-order valence-electron chi connectivity index (χ4n) is 1.36. The van der Waals surface area contributed by atoms with E-state index in [2.05, 4.69) is 15.5 Å². The molecule has 0 aliphatic heterocycles. The first kappa shape index (κ1) is 10.9. The van der Waals surface area contributed by atoms with E-state index < -0.39 is 0 Å². The van der Waals surface area contributed by atoms with Gasteiger partial charge in [0.05, 0.1) is 5.69 Å². The number of alkyl halides is 1. The maximum atomic E-state index is 5.85. The number of anilines is 2. The van der Waals surface area contributed by atoms with Crippen molar-refractivity contribution >= 4 is 23.1 Å². The zero-order valence-electron chi connectivity index (χ0n) is 8.94. The third kappa shape index (κ3) is 2.49. The third-order valence-electron chi connectivity index (χ3n) is 2.22. The van der Waals surface area contributed by atoms with E-state index in [1.807, 2.05) is 43.3 Å². The van der Waals surface area contributed by atoms with E-state index >= 15 is 0 Å². The molecule has 1 aromatic carbocycles. The van der Waals surface area contributed by atoms with Crippen LogP contribution in [0, 0.1) is 6.92 Å². The van der Waals surface area contributed by atoms with Crippen LogP contribution < -0.4 is 5.32 Å². The molecular weight excluding hydrogens is 222 g/mol. The molecule has 0 saturated heterocycles. The molecule has 4 heteroatoms. The number of aromatic nitrogens is 2. The molecule has 0 radical (unpaired) electrons. The van der Waals surface area contributed by atoms with Gasteiger partial charge in [-0.05, 0) is 30.7 Å². The van der Waals surface area contributed by atoms with Crippen LogP contribution in [0.15, 0.2) is 36.4 Å². The summed E-state index contributed by atoms with van der Waals surface area (Å²) in [4.78, 5) is 0. The average molecular weight is 234 g/mol. The van der Waals surface area contributed by atoms with Crippen molar-refractivity contribution in [2.24, 2.45) is 0 Å². The number of rotatable bonds is 3. The summed E-state index contributed by atoms with van der Waals surface area (Å²) in [6.07, 6.45) is 0. The van der Waals surface area contributed by atoms with Gasteiger partial charge in [0.25, 0.3) is 0 Å². The largest absolute Gasteiger partial charge is 0.338 e. The number of hydrogen-bond donors (Lipinski definition) is 1. The second kappa shape index (κ2) is 4.94. The molecule has 0 fully saturated rings. The number of aryl methyl sites for hydroxylation is 1. The molecule has 1 heterocycles. The second-order valence-electron chi connectivity index (χ2n) is 3.48. The lowest BCUT2D eigenvalue weighted by atomic mass is 10.2. The number of para-hydroxylation sites is 1. The first-order valence-electron chi connectivity index (χ1n) is 5.01. The van der Waals surface area contributed by atoms with E-state index in [1.54, 1.807) is 0 Å². The van der Waals surface area contributed by atoms with Crippen molar-refractivity contribution in [2.45, 2.75) is 12.8 Å². The molecule has 0 bridgehead atoms. The van der Waals surface area contributed by atoms with Gasteiger partial charge in [-0.25, -0.2) is 0 Å². The Morgan fingerprint density at radius 3 is 2.62 bits per heavy atom. The lowest BCUT2D eigenvalue weighted by Crippen LogP contribution is -1.98. The second-order valence-corrected chi connectivity index (χ2v) is 3.74. The molecule has 0 unspecified atom stereocenters. The molecule has 0 aliphatic carbocycles. The van der Waals surface area contributed by atoms with Crippen LogP contribution in [0.1, 0.15) is 11.3 Å². The van der Waals surface area contributed by atoms with Crippen molar-refractivity contribution in [3.05, 3.63) is 47.7 Å². The minimum Gasteiger partial charge on any atom is -0.338 e. The van der Waals surface area contributed by atoms with E-state index in [4.69, 9.17) is 11.6 Å². The highest BCUT2D eigenvalue weighted by atomic mass is 35.5. The van der Waals surface area contributed by atoms with Crippen LogP contribution >= 0.6 is 11.6 Å². The highest BCUT2D eigenvalue weighted by molar-refractivity contribution is 6.17. The smallest absolute Gasteiger partial charge is 0.153 e. The molecule has 2 rings (SSSR count). The molecule has 1 aromatic heterocycles. The summed E-state index contributed by atoms with van der Waals surface area (Å²) in [5.74, 6) is 1.20. The molecule has 3 nitrogen and oxygen atoms in total. The predicted molar refractivity (Wildman–Crippen MR) is 66.1 cm³/mol. The summed E-state index contributed by atoms with van der Waals surface area (Å²) >= 11 is 5.85. The Balaban J connectivity index is 2.23. The third-order valence-corrected chi connectivity index (χ3v) is 2.51. The molecule has 0 amide bonds. The monoisotopic (exact) mass is 233 g/mol. The Labute approximate surface area is 99.5 Å². The normalized spacial score (nSPS) is 10.1. The summed E-state index contributed by atoms with van der Waals surface area (Å²) < 4.78 is 0. The van der Waals surface area contributed by atoms with Gasteiger partial charge in [-0.2, -0.15) is 5.10 Å². The molecule has 1 N–H and O–H groups in total. The Hall–Kier alpha value is -1.61. The van der Waals surface area contributed by atoms with Gasteiger partial charge in [0.2, 0.25) is 0 Å². The van der Waals surface area contributed by atoms with Crippen molar-refractivity contribution in [2.75, 3.05) is 5.32 Å². The zero-order chi connectivity index (χ0) is 11.4. The summed E-state index contributed by atoms with van der Waals surface area (Å²) in [5.41, 5.74) is 2.92. The Kier molecular flexibility index (Phi) is 3.37. The molecule has 16 heavy (non-hydrogen) atoms. The summed E-state index contributed by atoms with van der Waals surface area (Å²) in [5, 5.41) is 11.2. The summed E-state index contributed by atoms with van der Waals surface area (Å²) in [7, 11) is 0. The number of hydrogen-bond acceptors (Lipinski definition) is 3. The van der Waals surface area contributed by atoms with Crippen LogP contribution in [-0.4, -0.2) is 10.2 Å². The number of benzene rings is 1. The highest BCUT2D eigenvalue weighted by Gasteiger charge is 2.01. The van der Waals surface area contributed by atoms with Crippen molar-refractivity contribution in [3.8, 4) is 0 Å². The van der Waals surface area contributed by atoms with Crippen molar-refractivity contribution < 1.29 is 0 Å². The SMILES string of the molecule is Cc1ccc(Nc2ccccc2CCl)nn1. The van der Waals surface area contributed by atoms with E-state index in [9.17, 15) is 0 Å². The first-order valence-corrected chi connectivity index (χ1v) is 5.54. The topological polar surface area (TPSA) is 37.8 Å². The fraction of sp³-hybridized carbons (Fsp3) is 0.167. The number of halogens is 1. The van der Waals surface area contributed by atoms with Crippen LogP contribution in [0.3, 0.4) is 0 Å². The molecule has 0 spiro atoms. The molecule has 0 saturated carbocycles. The van der Waals surface area contributed by atoms with Crippen LogP contribution in [-0.2, 0) is 5.88 Å². The van der Waals surface area contributed by atoms with Gasteiger partial charge in [0.15, 0.2) is 5.82 Å². The zero-order valence-corrected chi connectivity index (χ0v) is 9.70. The molecule has 82 valence electrons. The van der Waals surface area contributed by atoms with Crippen LogP contribution in [0.2, 0.25) is 0 Å². The Morgan fingerprint density at radius 1 is 1.12 bits per heavy atom. The van der Waals surface area contributed by atoms with Crippen LogP contribution in [0.5, 0.6) is 0 Å². The predicted octanol–water partition coefficient (Wildman–Crippen LogP) is 3.27. The number of nitrogens with zero attached hydrogens (tertiary/aromatic N) is 2. The van der Waals surface area contributed by atoms with Gasteiger partial charge in [0.1, 0.15) is 0 Å². The lowest BCUT2D eigenvalue weighted by Gasteiger charge is -2.08. The van der Waals surface area contributed by atoms with Gasteiger partial charge < -0.3 is 5.32 Å². The number of nitrogens with one attached hydrogen (secondary N) is 1. The first-order chi connectivity index (χ1) is 7.79. The standard InChI is InChI=1S/C12H12ClN3/c1-9-6-7-12(16-15-9)14-11-5-3-2-4-10(11)8-13/h2-7H,8H2,1H3,(H,14,16). The maximum absolute atomic E-state index is 5.85. The van der Waals surface area contributed by atoms with Gasteiger partial charge in [-0.1, -0.05) is 18.2 Å². The molecule has 2 aromatic rings. The van der Waals surface area contributed by atoms with Crippen molar-refractivity contribution in [1.29, 1.82) is 0 Å². The van der Waals surface area contributed by atoms with Gasteiger partial charge in [0, 0.05) is 11.6 Å². The van der Waals surface area contributed by atoms with Gasteiger partial charge in [-0.3, -0.25) is 0 Å². The quantitative estimate of drug-likeness (QED) is 0.827. The van der Waals surface area contributed by atoms with E-state index in [-0.39, 0.29) is 0 Å². The molecule has 0 aliphatic rings. The fourth-order valence-corrected chi connectivity index (χ4v) is 1.60. The van der Waals surface area contributed by atoms with E-state index in [0.29, 0.717) is 5.88 Å². The van der Waals surface area contributed by atoms with Gasteiger partial charge >= 0.3 is 0 Å².